The molecule has 2 amide bonds. The predicted octanol–water partition coefficient (Wildman–Crippen LogP) is 1.86. The van der Waals surface area contributed by atoms with Gasteiger partial charge in [-0.25, -0.2) is 0 Å². The molecule has 1 fully saturated rings. The second kappa shape index (κ2) is 6.03. The van der Waals surface area contributed by atoms with Crippen LogP contribution in [0.1, 0.15) is 25.3 Å². The van der Waals surface area contributed by atoms with Gasteiger partial charge in [-0.1, -0.05) is 17.7 Å². The highest BCUT2D eigenvalue weighted by Crippen LogP contribution is 2.38. The fourth-order valence-electron chi connectivity index (χ4n) is 2.10. The molecule has 1 atom stereocenters. The van der Waals surface area contributed by atoms with Crippen LogP contribution in [0.3, 0.4) is 0 Å². The summed E-state index contributed by atoms with van der Waals surface area (Å²) in [6.45, 7) is 3.55. The third kappa shape index (κ3) is 4.19. The van der Waals surface area contributed by atoms with Crippen LogP contribution in [0.5, 0.6) is 0 Å². The summed E-state index contributed by atoms with van der Waals surface area (Å²) in [6, 6.07) is 5.05. The molecule has 0 bridgehead atoms. The number of benzene rings is 1. The Morgan fingerprint density at radius 2 is 2.05 bits per heavy atom. The first-order valence-corrected chi connectivity index (χ1v) is 7.25. The van der Waals surface area contributed by atoms with Crippen molar-refractivity contribution in [3.05, 3.63) is 28.8 Å². The molecular formula is C15H19ClN2O3. The van der Waals surface area contributed by atoms with Gasteiger partial charge in [-0.2, -0.15) is 0 Å². The smallest absolute Gasteiger partial charge is 0.313 e. The number of hydrogen-bond acceptors (Lipinski definition) is 3. The lowest BCUT2D eigenvalue weighted by Crippen LogP contribution is -2.45. The van der Waals surface area contributed by atoms with Gasteiger partial charge in [0, 0.05) is 17.3 Å². The number of aliphatic hydroxyl groups is 1. The summed E-state index contributed by atoms with van der Waals surface area (Å²) in [4.78, 5) is 23.6. The second-order valence-corrected chi connectivity index (χ2v) is 6.16. The summed E-state index contributed by atoms with van der Waals surface area (Å²) in [5, 5.41) is 15.6. The van der Waals surface area contributed by atoms with E-state index in [0.717, 1.165) is 18.4 Å². The standard InChI is InChI=1S/C15H19ClN2O3/c1-9-3-6-11(16)7-12(9)18-14(20)13(19)17-8-15(2,21)10-4-5-10/h3,6-7,10,21H,4-5,8H2,1-2H3,(H,17,19)(H,18,20). The van der Waals surface area contributed by atoms with Crippen molar-refractivity contribution < 1.29 is 14.7 Å². The summed E-state index contributed by atoms with van der Waals surface area (Å²) < 4.78 is 0. The molecular weight excluding hydrogens is 292 g/mol. The molecule has 0 aromatic heterocycles. The Morgan fingerprint density at radius 3 is 2.67 bits per heavy atom. The third-order valence-electron chi connectivity index (χ3n) is 3.72. The minimum Gasteiger partial charge on any atom is -0.388 e. The summed E-state index contributed by atoms with van der Waals surface area (Å²) in [6.07, 6.45) is 1.91. The van der Waals surface area contributed by atoms with E-state index < -0.39 is 17.4 Å². The monoisotopic (exact) mass is 310 g/mol. The SMILES string of the molecule is Cc1ccc(Cl)cc1NC(=O)C(=O)NCC(C)(O)C1CC1. The molecule has 3 N–H and O–H groups in total. The molecule has 5 nitrogen and oxygen atoms in total. The largest absolute Gasteiger partial charge is 0.388 e. The van der Waals surface area contributed by atoms with E-state index in [1.807, 2.05) is 6.92 Å². The zero-order chi connectivity index (χ0) is 15.6. The summed E-state index contributed by atoms with van der Waals surface area (Å²) in [7, 11) is 0. The van der Waals surface area contributed by atoms with Gasteiger partial charge in [-0.05, 0) is 50.3 Å². The van der Waals surface area contributed by atoms with Gasteiger partial charge in [0.25, 0.3) is 0 Å². The Labute approximate surface area is 128 Å². The minimum atomic E-state index is -0.956. The molecule has 1 aliphatic carbocycles. The maximum Gasteiger partial charge on any atom is 0.313 e. The zero-order valence-corrected chi connectivity index (χ0v) is 12.8. The molecule has 0 heterocycles. The number of halogens is 1. The van der Waals surface area contributed by atoms with Crippen molar-refractivity contribution in [1.29, 1.82) is 0 Å². The van der Waals surface area contributed by atoms with Crippen LogP contribution < -0.4 is 10.6 Å². The van der Waals surface area contributed by atoms with Gasteiger partial charge in [-0.15, -0.1) is 0 Å². The maximum atomic E-state index is 11.8. The second-order valence-electron chi connectivity index (χ2n) is 5.73. The molecule has 0 spiro atoms. The van der Waals surface area contributed by atoms with Crippen LogP contribution in [0.25, 0.3) is 0 Å². The van der Waals surface area contributed by atoms with Gasteiger partial charge in [0.15, 0.2) is 0 Å². The molecule has 0 saturated heterocycles. The number of rotatable bonds is 4. The third-order valence-corrected chi connectivity index (χ3v) is 3.95. The van der Waals surface area contributed by atoms with Crippen LogP contribution in [0.15, 0.2) is 18.2 Å². The van der Waals surface area contributed by atoms with E-state index >= 15 is 0 Å². The van der Waals surface area contributed by atoms with Crippen LogP contribution in [0.4, 0.5) is 5.69 Å². The summed E-state index contributed by atoms with van der Waals surface area (Å²) in [5.41, 5.74) is 0.351. The van der Waals surface area contributed by atoms with Gasteiger partial charge in [-0.3, -0.25) is 9.59 Å². The Morgan fingerprint density at radius 1 is 1.38 bits per heavy atom. The lowest BCUT2D eigenvalue weighted by atomic mass is 10.0. The van der Waals surface area contributed by atoms with Gasteiger partial charge in [0.2, 0.25) is 0 Å². The number of amides is 2. The molecule has 6 heteroatoms. The topological polar surface area (TPSA) is 78.4 Å². The molecule has 0 radical (unpaired) electrons. The van der Waals surface area contributed by atoms with Crippen molar-refractivity contribution in [2.45, 2.75) is 32.3 Å². The van der Waals surface area contributed by atoms with E-state index in [4.69, 9.17) is 11.6 Å². The average Bonchev–Trinajstić information content (AvgIpc) is 3.25. The lowest BCUT2D eigenvalue weighted by Gasteiger charge is -2.23. The fraction of sp³-hybridized carbons (Fsp3) is 0.467. The van der Waals surface area contributed by atoms with Gasteiger partial charge < -0.3 is 15.7 Å². The van der Waals surface area contributed by atoms with Crippen LogP contribution in [0.2, 0.25) is 5.02 Å². The number of aryl methyl sites for hydroxylation is 1. The normalized spacial score (nSPS) is 17.0. The van der Waals surface area contributed by atoms with E-state index in [-0.39, 0.29) is 12.5 Å². The Balaban J connectivity index is 1.90. The van der Waals surface area contributed by atoms with E-state index in [1.54, 1.807) is 25.1 Å². The Kier molecular flexibility index (Phi) is 4.54. The molecule has 0 aliphatic heterocycles. The van der Waals surface area contributed by atoms with Gasteiger partial charge in [0.05, 0.1) is 5.60 Å². The van der Waals surface area contributed by atoms with Crippen LogP contribution in [-0.4, -0.2) is 29.1 Å². The van der Waals surface area contributed by atoms with E-state index in [2.05, 4.69) is 10.6 Å². The van der Waals surface area contributed by atoms with Crippen LogP contribution >= 0.6 is 11.6 Å². The number of hydrogen-bond donors (Lipinski definition) is 3. The fourth-order valence-corrected chi connectivity index (χ4v) is 2.27. The van der Waals surface area contributed by atoms with E-state index in [0.29, 0.717) is 10.7 Å². The molecule has 1 saturated carbocycles. The first-order chi connectivity index (χ1) is 9.79. The van der Waals surface area contributed by atoms with Crippen molar-refractivity contribution in [2.24, 2.45) is 5.92 Å². The van der Waals surface area contributed by atoms with Crippen molar-refractivity contribution in [2.75, 3.05) is 11.9 Å². The number of carbonyl (C=O) groups excluding carboxylic acids is 2. The lowest BCUT2D eigenvalue weighted by molar-refractivity contribution is -0.136. The molecule has 1 aromatic carbocycles. The first-order valence-electron chi connectivity index (χ1n) is 6.87. The molecule has 21 heavy (non-hydrogen) atoms. The molecule has 114 valence electrons. The molecule has 1 aromatic rings. The maximum absolute atomic E-state index is 11.8. The summed E-state index contributed by atoms with van der Waals surface area (Å²) in [5.74, 6) is -1.33. The number of nitrogens with one attached hydrogen (secondary N) is 2. The summed E-state index contributed by atoms with van der Waals surface area (Å²) >= 11 is 5.86. The quantitative estimate of drug-likeness (QED) is 0.743. The predicted molar refractivity (Wildman–Crippen MR) is 81.2 cm³/mol. The first kappa shape index (κ1) is 15.8. The number of anilines is 1. The molecule has 1 aliphatic rings. The van der Waals surface area contributed by atoms with Crippen molar-refractivity contribution in [1.82, 2.24) is 5.32 Å². The Hall–Kier alpha value is -1.59. The van der Waals surface area contributed by atoms with E-state index in [1.165, 1.54) is 0 Å². The average molecular weight is 311 g/mol. The van der Waals surface area contributed by atoms with Crippen LogP contribution in [0, 0.1) is 12.8 Å². The van der Waals surface area contributed by atoms with E-state index in [9.17, 15) is 14.7 Å². The van der Waals surface area contributed by atoms with Gasteiger partial charge in [0.1, 0.15) is 0 Å². The molecule has 1 unspecified atom stereocenters. The van der Waals surface area contributed by atoms with Crippen LogP contribution in [-0.2, 0) is 9.59 Å². The molecule has 2 rings (SSSR count). The highest BCUT2D eigenvalue weighted by molar-refractivity contribution is 6.40. The van der Waals surface area contributed by atoms with Gasteiger partial charge >= 0.3 is 11.8 Å². The Bertz CT molecular complexity index is 568. The minimum absolute atomic E-state index is 0.0679. The van der Waals surface area contributed by atoms with Crippen molar-refractivity contribution >= 4 is 29.1 Å². The van der Waals surface area contributed by atoms with Crippen molar-refractivity contribution in [3.63, 3.8) is 0 Å². The highest BCUT2D eigenvalue weighted by Gasteiger charge is 2.40. The van der Waals surface area contributed by atoms with Crippen molar-refractivity contribution in [3.8, 4) is 0 Å². The number of carbonyl (C=O) groups is 2. The zero-order valence-electron chi connectivity index (χ0n) is 12.1. The highest BCUT2D eigenvalue weighted by atomic mass is 35.5.